The number of aliphatic hydroxyl groups excluding tert-OH is 1. The van der Waals surface area contributed by atoms with Crippen LogP contribution in [0.2, 0.25) is 0 Å². The van der Waals surface area contributed by atoms with E-state index in [-0.39, 0.29) is 17.8 Å². The lowest BCUT2D eigenvalue weighted by Gasteiger charge is -2.35. The van der Waals surface area contributed by atoms with Crippen molar-refractivity contribution in [2.24, 2.45) is 5.92 Å². The largest absolute Gasteiger partial charge is 0.393 e. The monoisotopic (exact) mass is 234 g/mol. The molecular weight excluding hydrogens is 216 g/mol. The second-order valence-corrected chi connectivity index (χ2v) is 4.74. The van der Waals surface area contributed by atoms with Crippen LogP contribution in [0.15, 0.2) is 18.3 Å². The van der Waals surface area contributed by atoms with Crippen LogP contribution in [0, 0.1) is 5.92 Å². The Morgan fingerprint density at radius 1 is 1.59 bits per heavy atom. The molecule has 1 saturated heterocycles. The van der Waals surface area contributed by atoms with E-state index in [0.29, 0.717) is 5.56 Å². The minimum absolute atomic E-state index is 0.0544. The van der Waals surface area contributed by atoms with E-state index in [2.05, 4.69) is 9.88 Å². The zero-order valence-electron chi connectivity index (χ0n) is 10.3. The minimum atomic E-state index is -0.220. The first-order valence-electron chi connectivity index (χ1n) is 5.98. The molecule has 0 aromatic carbocycles. The third kappa shape index (κ3) is 2.64. The predicted octanol–water partition coefficient (Wildman–Crippen LogP) is 1.49. The van der Waals surface area contributed by atoms with Crippen molar-refractivity contribution in [3.05, 3.63) is 23.9 Å². The molecule has 0 bridgehead atoms. The van der Waals surface area contributed by atoms with Crippen LogP contribution in [0.4, 0.5) is 5.82 Å². The summed E-state index contributed by atoms with van der Waals surface area (Å²) in [4.78, 5) is 17.7. The number of pyridine rings is 1. The molecule has 2 rings (SSSR count). The number of Topliss-reactive ketones (excluding diaryl/α,β-unsaturated/α-hetero) is 1. The lowest BCUT2D eigenvalue weighted by Crippen LogP contribution is -2.42. The van der Waals surface area contributed by atoms with Crippen molar-refractivity contribution in [3.8, 4) is 0 Å². The van der Waals surface area contributed by atoms with Gasteiger partial charge in [-0.1, -0.05) is 6.92 Å². The average molecular weight is 234 g/mol. The highest BCUT2D eigenvalue weighted by atomic mass is 16.3. The molecule has 1 N–H and O–H groups in total. The van der Waals surface area contributed by atoms with E-state index in [1.54, 1.807) is 19.2 Å². The van der Waals surface area contributed by atoms with Crippen molar-refractivity contribution >= 4 is 11.6 Å². The maximum atomic E-state index is 11.3. The van der Waals surface area contributed by atoms with Gasteiger partial charge in [-0.3, -0.25) is 4.79 Å². The molecule has 92 valence electrons. The van der Waals surface area contributed by atoms with Gasteiger partial charge in [-0.15, -0.1) is 0 Å². The molecule has 1 aliphatic rings. The van der Waals surface area contributed by atoms with E-state index in [1.165, 1.54) is 0 Å². The standard InChI is InChI=1S/C13H18N2O2/c1-9-8-15(6-4-12(9)17)13-7-11(10(2)16)3-5-14-13/h3,5,7,9,12,17H,4,6,8H2,1-2H3. The zero-order valence-corrected chi connectivity index (χ0v) is 10.3. The molecule has 4 heteroatoms. The number of nitrogens with zero attached hydrogens (tertiary/aromatic N) is 2. The summed E-state index contributed by atoms with van der Waals surface area (Å²) in [5.74, 6) is 1.13. The molecule has 1 aliphatic heterocycles. The molecule has 1 fully saturated rings. The van der Waals surface area contributed by atoms with Crippen molar-refractivity contribution in [2.45, 2.75) is 26.4 Å². The Hall–Kier alpha value is -1.42. The number of piperidine rings is 1. The Morgan fingerprint density at radius 3 is 3.00 bits per heavy atom. The van der Waals surface area contributed by atoms with Crippen LogP contribution in [0.25, 0.3) is 0 Å². The van der Waals surface area contributed by atoms with E-state index >= 15 is 0 Å². The highest BCUT2D eigenvalue weighted by molar-refractivity contribution is 5.94. The number of aromatic nitrogens is 1. The van der Waals surface area contributed by atoms with E-state index in [9.17, 15) is 9.90 Å². The topological polar surface area (TPSA) is 53.4 Å². The lowest BCUT2D eigenvalue weighted by atomic mass is 9.97. The maximum Gasteiger partial charge on any atom is 0.159 e. The molecule has 2 heterocycles. The van der Waals surface area contributed by atoms with Crippen molar-refractivity contribution in [3.63, 3.8) is 0 Å². The molecule has 0 aliphatic carbocycles. The van der Waals surface area contributed by atoms with Crippen molar-refractivity contribution in [1.82, 2.24) is 4.98 Å². The van der Waals surface area contributed by atoms with Crippen LogP contribution in [0.5, 0.6) is 0 Å². The maximum absolute atomic E-state index is 11.3. The van der Waals surface area contributed by atoms with Gasteiger partial charge in [0.2, 0.25) is 0 Å². The van der Waals surface area contributed by atoms with Crippen molar-refractivity contribution < 1.29 is 9.90 Å². The van der Waals surface area contributed by atoms with Crippen molar-refractivity contribution in [2.75, 3.05) is 18.0 Å². The summed E-state index contributed by atoms with van der Waals surface area (Å²) >= 11 is 0. The molecule has 1 aromatic heterocycles. The lowest BCUT2D eigenvalue weighted by molar-refractivity contribution is 0.0967. The third-order valence-electron chi connectivity index (χ3n) is 3.34. The summed E-state index contributed by atoms with van der Waals surface area (Å²) in [6.45, 7) is 5.17. The molecule has 0 radical (unpaired) electrons. The Morgan fingerprint density at radius 2 is 2.35 bits per heavy atom. The number of carbonyl (C=O) groups is 1. The number of anilines is 1. The average Bonchev–Trinajstić information content (AvgIpc) is 2.33. The van der Waals surface area contributed by atoms with Crippen molar-refractivity contribution in [1.29, 1.82) is 0 Å². The molecule has 17 heavy (non-hydrogen) atoms. The number of carbonyl (C=O) groups excluding carboxylic acids is 1. The van der Waals surface area contributed by atoms with Gasteiger partial charge in [0, 0.05) is 24.8 Å². The van der Waals surface area contributed by atoms with Crippen LogP contribution in [0.3, 0.4) is 0 Å². The molecule has 0 amide bonds. The fourth-order valence-electron chi connectivity index (χ4n) is 2.15. The first-order valence-corrected chi connectivity index (χ1v) is 5.98. The van der Waals surface area contributed by atoms with Gasteiger partial charge in [-0.25, -0.2) is 4.98 Å². The minimum Gasteiger partial charge on any atom is -0.393 e. The highest BCUT2D eigenvalue weighted by Crippen LogP contribution is 2.22. The number of hydrogen-bond acceptors (Lipinski definition) is 4. The summed E-state index contributed by atoms with van der Waals surface area (Å²) in [7, 11) is 0. The van der Waals surface area contributed by atoms with Gasteiger partial charge in [-0.2, -0.15) is 0 Å². The normalized spacial score (nSPS) is 24.8. The number of hydrogen-bond donors (Lipinski definition) is 1. The van der Waals surface area contributed by atoms with Gasteiger partial charge in [0.05, 0.1) is 6.10 Å². The zero-order chi connectivity index (χ0) is 12.4. The first kappa shape index (κ1) is 12.0. The van der Waals surface area contributed by atoms with E-state index < -0.39 is 0 Å². The molecular formula is C13H18N2O2. The second kappa shape index (κ2) is 4.84. The van der Waals surface area contributed by atoms with Gasteiger partial charge < -0.3 is 10.0 Å². The van der Waals surface area contributed by atoms with Crippen LogP contribution in [-0.4, -0.2) is 35.1 Å². The number of aliphatic hydroxyl groups is 1. The van der Waals surface area contributed by atoms with Crippen LogP contribution in [-0.2, 0) is 0 Å². The molecule has 2 atom stereocenters. The fraction of sp³-hybridized carbons (Fsp3) is 0.538. The summed E-state index contributed by atoms with van der Waals surface area (Å²) in [6, 6.07) is 3.56. The summed E-state index contributed by atoms with van der Waals surface area (Å²) in [6.07, 6.45) is 2.21. The van der Waals surface area contributed by atoms with Gasteiger partial charge >= 0.3 is 0 Å². The Kier molecular flexibility index (Phi) is 3.43. The quantitative estimate of drug-likeness (QED) is 0.788. The molecule has 0 saturated carbocycles. The molecule has 2 unspecified atom stereocenters. The summed E-state index contributed by atoms with van der Waals surface area (Å²) in [5.41, 5.74) is 0.689. The molecule has 1 aromatic rings. The van der Waals surface area contributed by atoms with Crippen LogP contribution in [0.1, 0.15) is 30.6 Å². The Balaban J connectivity index is 2.17. The first-order chi connectivity index (χ1) is 8.08. The Bertz CT molecular complexity index is 420. The van der Waals surface area contributed by atoms with Crippen LogP contribution < -0.4 is 4.90 Å². The highest BCUT2D eigenvalue weighted by Gasteiger charge is 2.25. The van der Waals surface area contributed by atoms with Gasteiger partial charge in [-0.05, 0) is 31.4 Å². The Labute approximate surface area is 101 Å². The summed E-state index contributed by atoms with van der Waals surface area (Å²) in [5, 5.41) is 9.68. The fourth-order valence-corrected chi connectivity index (χ4v) is 2.15. The molecule has 0 spiro atoms. The third-order valence-corrected chi connectivity index (χ3v) is 3.34. The predicted molar refractivity (Wildman–Crippen MR) is 66.2 cm³/mol. The molecule has 4 nitrogen and oxygen atoms in total. The second-order valence-electron chi connectivity index (χ2n) is 4.74. The smallest absolute Gasteiger partial charge is 0.159 e. The number of ketones is 1. The van der Waals surface area contributed by atoms with Gasteiger partial charge in [0.1, 0.15) is 5.82 Å². The van der Waals surface area contributed by atoms with E-state index in [4.69, 9.17) is 0 Å². The SMILES string of the molecule is CC(=O)c1ccnc(N2CCC(O)C(C)C2)c1. The van der Waals surface area contributed by atoms with Gasteiger partial charge in [0.25, 0.3) is 0 Å². The van der Waals surface area contributed by atoms with E-state index in [1.807, 2.05) is 13.0 Å². The summed E-state index contributed by atoms with van der Waals surface area (Å²) < 4.78 is 0. The van der Waals surface area contributed by atoms with Gasteiger partial charge in [0.15, 0.2) is 5.78 Å². The van der Waals surface area contributed by atoms with E-state index in [0.717, 1.165) is 25.3 Å². The number of rotatable bonds is 2. The van der Waals surface area contributed by atoms with Crippen LogP contribution >= 0.6 is 0 Å².